The maximum atomic E-state index is 15.2. The number of aromatic nitrogens is 1. The zero-order chi connectivity index (χ0) is 50.3. The highest BCUT2D eigenvalue weighted by molar-refractivity contribution is 7.13. The first-order valence-corrected chi connectivity index (χ1v) is 23.7. The van der Waals surface area contributed by atoms with Gasteiger partial charge in [0, 0.05) is 51.2 Å². The molecule has 0 bridgehead atoms. The van der Waals surface area contributed by atoms with Crippen molar-refractivity contribution < 1.29 is 51.3 Å². The molecule has 19 heteroatoms. The summed E-state index contributed by atoms with van der Waals surface area (Å²) < 4.78 is 67.2. The molecule has 4 unspecified atom stereocenters. The standard InChI is InChI=1S/C50H59F4N7O7S/c1-30-42(69-29-58-30)33-13-10-31(11-14-33)24-57-45(64)40-21-35(62)26-61(40)46(65)43(48(2,3)4)59-41(63)27-67-19-9-7-8-18-56-39-17-12-32(20-38(39)51)25-60-28-49(5,6)44(47(60)66)68-36-16-15-34(23-55)37(22-36)50(52,53)54/h10-17,20,22,29,35,40,43-44,56,62H,7-9,18-19,21,24-28H2,1-6H3,(H,57,64)(H,59,63). The molecule has 3 heterocycles. The molecule has 4 atom stereocenters. The number of nitrogens with one attached hydrogen (secondary N) is 3. The number of aryl methyl sites for hydroxylation is 1. The monoisotopic (exact) mass is 977 g/mol. The molecule has 0 saturated carbocycles. The van der Waals surface area contributed by atoms with Gasteiger partial charge in [-0.3, -0.25) is 19.2 Å². The number of aliphatic hydroxyl groups is 1. The number of nitrogens with zero attached hydrogens (tertiary/aromatic N) is 4. The number of ether oxygens (including phenoxy) is 2. The Bertz CT molecular complexity index is 2520. The van der Waals surface area contributed by atoms with E-state index >= 15 is 4.39 Å². The molecule has 0 aliphatic carbocycles. The molecule has 0 radical (unpaired) electrons. The van der Waals surface area contributed by atoms with Gasteiger partial charge in [-0.2, -0.15) is 18.4 Å². The van der Waals surface area contributed by atoms with E-state index in [1.165, 1.54) is 28.0 Å². The van der Waals surface area contributed by atoms with E-state index in [-0.39, 0.29) is 57.3 Å². The molecule has 6 rings (SSSR count). The number of likely N-dealkylation sites (tertiary alicyclic amines) is 2. The number of hydrogen-bond donors (Lipinski definition) is 4. The average Bonchev–Trinajstić information content (AvgIpc) is 3.96. The van der Waals surface area contributed by atoms with Crippen molar-refractivity contribution in [2.45, 2.75) is 111 Å². The third kappa shape index (κ3) is 13.4. The minimum absolute atomic E-state index is 0.0465. The Morgan fingerprint density at radius 3 is 2.41 bits per heavy atom. The van der Waals surface area contributed by atoms with Crippen LogP contribution in [0.5, 0.6) is 5.75 Å². The summed E-state index contributed by atoms with van der Waals surface area (Å²) in [5, 5.41) is 28.4. The second kappa shape index (κ2) is 22.1. The summed E-state index contributed by atoms with van der Waals surface area (Å²) in [6.07, 6.45) is -4.75. The van der Waals surface area contributed by atoms with Crippen LogP contribution in [0, 0.1) is 34.9 Å². The largest absolute Gasteiger partial charge is 0.480 e. The first kappa shape index (κ1) is 52.3. The fourth-order valence-corrected chi connectivity index (χ4v) is 9.27. The predicted molar refractivity (Wildman–Crippen MR) is 251 cm³/mol. The number of carbonyl (C=O) groups is 4. The molecule has 4 N–H and O–H groups in total. The van der Waals surface area contributed by atoms with Gasteiger partial charge in [0.05, 0.1) is 45.1 Å². The Labute approximate surface area is 403 Å². The number of amides is 4. The van der Waals surface area contributed by atoms with E-state index in [4.69, 9.17) is 14.7 Å². The van der Waals surface area contributed by atoms with E-state index in [2.05, 4.69) is 20.9 Å². The van der Waals surface area contributed by atoms with E-state index in [1.54, 1.807) is 63.6 Å². The summed E-state index contributed by atoms with van der Waals surface area (Å²) in [4.78, 5) is 62.0. The molecule has 2 saturated heterocycles. The Kier molecular flexibility index (Phi) is 16.8. The molecule has 2 aliphatic rings. The van der Waals surface area contributed by atoms with Gasteiger partial charge < -0.3 is 40.3 Å². The van der Waals surface area contributed by atoms with E-state index in [0.29, 0.717) is 37.4 Å². The van der Waals surface area contributed by atoms with Crippen molar-refractivity contribution in [3.8, 4) is 22.3 Å². The molecule has 14 nitrogen and oxygen atoms in total. The summed E-state index contributed by atoms with van der Waals surface area (Å²) in [5.41, 5.74) is 2.18. The van der Waals surface area contributed by atoms with Crippen molar-refractivity contribution in [2.75, 3.05) is 38.2 Å². The highest BCUT2D eigenvalue weighted by atomic mass is 32.1. The van der Waals surface area contributed by atoms with Gasteiger partial charge in [-0.25, -0.2) is 9.37 Å². The average molecular weight is 978 g/mol. The highest BCUT2D eigenvalue weighted by Gasteiger charge is 2.49. The Morgan fingerprint density at radius 1 is 1.03 bits per heavy atom. The van der Waals surface area contributed by atoms with Crippen LogP contribution in [0.1, 0.15) is 88.2 Å². The Hall–Kier alpha value is -6.10. The number of alkyl halides is 3. The van der Waals surface area contributed by atoms with Gasteiger partial charge >= 0.3 is 6.18 Å². The molecule has 4 aromatic rings. The molecule has 69 heavy (non-hydrogen) atoms. The van der Waals surface area contributed by atoms with Crippen molar-refractivity contribution in [2.24, 2.45) is 10.8 Å². The first-order chi connectivity index (χ1) is 32.5. The van der Waals surface area contributed by atoms with Crippen molar-refractivity contribution >= 4 is 40.7 Å². The van der Waals surface area contributed by atoms with Crippen molar-refractivity contribution in [1.29, 1.82) is 5.26 Å². The topological polar surface area (TPSA) is 186 Å². The van der Waals surface area contributed by atoms with E-state index in [0.717, 1.165) is 27.8 Å². The molecular weight excluding hydrogens is 919 g/mol. The van der Waals surface area contributed by atoms with E-state index in [9.17, 15) is 37.5 Å². The quantitative estimate of drug-likeness (QED) is 0.0546. The maximum absolute atomic E-state index is 15.2. The van der Waals surface area contributed by atoms with Gasteiger partial charge in [0.2, 0.25) is 17.7 Å². The first-order valence-electron chi connectivity index (χ1n) is 22.8. The number of rotatable bonds is 19. The smallest absolute Gasteiger partial charge is 0.417 e. The van der Waals surface area contributed by atoms with Crippen LogP contribution in [0.4, 0.5) is 23.2 Å². The number of β-amino-alcohol motifs (C(OH)–C–C–N with tert-alkyl or cyclic N) is 1. The zero-order valence-corrected chi connectivity index (χ0v) is 40.4. The molecule has 1 aromatic heterocycles. The van der Waals surface area contributed by atoms with Gasteiger partial charge in [-0.05, 0) is 78.6 Å². The fraction of sp³-hybridized carbons (Fsp3) is 0.480. The lowest BCUT2D eigenvalue weighted by Gasteiger charge is -2.35. The summed E-state index contributed by atoms with van der Waals surface area (Å²) in [6.45, 7) is 11.7. The minimum atomic E-state index is -4.78. The second-order valence-corrected chi connectivity index (χ2v) is 20.2. The number of aliphatic hydroxyl groups excluding tert-OH is 1. The number of benzene rings is 3. The number of hydrogen-bond acceptors (Lipinski definition) is 11. The highest BCUT2D eigenvalue weighted by Crippen LogP contribution is 2.38. The van der Waals surface area contributed by atoms with Crippen LogP contribution in [-0.4, -0.2) is 101 Å². The van der Waals surface area contributed by atoms with Crippen LogP contribution in [0.2, 0.25) is 0 Å². The lowest BCUT2D eigenvalue weighted by atomic mass is 9.85. The molecule has 4 amide bonds. The zero-order valence-electron chi connectivity index (χ0n) is 39.5. The van der Waals surface area contributed by atoms with Crippen molar-refractivity contribution in [3.05, 3.63) is 99.9 Å². The van der Waals surface area contributed by atoms with Crippen LogP contribution < -0.4 is 20.7 Å². The van der Waals surface area contributed by atoms with Gasteiger partial charge in [0.25, 0.3) is 5.91 Å². The van der Waals surface area contributed by atoms with Gasteiger partial charge in [-0.1, -0.05) is 65.0 Å². The van der Waals surface area contributed by atoms with Crippen LogP contribution in [-0.2, 0) is 43.2 Å². The number of anilines is 1. The number of carbonyl (C=O) groups excluding carboxylic acids is 4. The predicted octanol–water partition coefficient (Wildman–Crippen LogP) is 7.37. The van der Waals surface area contributed by atoms with Gasteiger partial charge in [0.1, 0.15) is 30.3 Å². The van der Waals surface area contributed by atoms with Gasteiger partial charge in [-0.15, -0.1) is 11.3 Å². The molecule has 2 aliphatic heterocycles. The van der Waals surface area contributed by atoms with Crippen molar-refractivity contribution in [1.82, 2.24) is 25.4 Å². The number of nitriles is 1. The summed E-state index contributed by atoms with van der Waals surface area (Å²) >= 11 is 1.55. The van der Waals surface area contributed by atoms with Crippen LogP contribution >= 0.6 is 11.3 Å². The lowest BCUT2D eigenvalue weighted by Crippen LogP contribution is -2.58. The van der Waals surface area contributed by atoms with Crippen LogP contribution in [0.15, 0.2) is 66.2 Å². The molecular formula is C50H59F4N7O7S. The Morgan fingerprint density at radius 2 is 1.75 bits per heavy atom. The number of halogens is 4. The fourth-order valence-electron chi connectivity index (χ4n) is 8.46. The van der Waals surface area contributed by atoms with Crippen LogP contribution in [0.3, 0.4) is 0 Å². The van der Waals surface area contributed by atoms with Gasteiger partial charge in [0.15, 0.2) is 6.10 Å². The second-order valence-electron chi connectivity index (χ2n) is 19.3. The summed E-state index contributed by atoms with van der Waals surface area (Å²) in [6, 6.07) is 14.9. The third-order valence-electron chi connectivity index (χ3n) is 12.1. The number of thiazole rings is 1. The van der Waals surface area contributed by atoms with E-state index in [1.807, 2.05) is 31.2 Å². The maximum Gasteiger partial charge on any atom is 0.417 e. The SMILES string of the molecule is Cc1ncsc1-c1ccc(CNC(=O)C2CC(O)CN2C(=O)C(NC(=O)COCCCCCNc2ccc(CN3CC(C)(C)C(Oc4ccc(C#N)c(C(F)(F)F)c4)C3=O)cc2F)C(C)(C)C)cc1. The molecule has 370 valence electrons. The summed E-state index contributed by atoms with van der Waals surface area (Å²) in [5.74, 6) is -2.55. The normalized spacial score (nSPS) is 18.5. The Balaban J connectivity index is 0.898. The number of unbranched alkanes of at least 4 members (excludes halogenated alkanes) is 2. The molecule has 0 spiro atoms. The lowest BCUT2D eigenvalue weighted by molar-refractivity contribution is -0.144. The molecule has 2 fully saturated rings. The minimum Gasteiger partial charge on any atom is -0.480 e. The molecule has 3 aromatic carbocycles. The van der Waals surface area contributed by atoms with Crippen molar-refractivity contribution in [3.63, 3.8) is 0 Å². The van der Waals surface area contributed by atoms with E-state index < -0.39 is 81.9 Å². The third-order valence-corrected chi connectivity index (χ3v) is 13.1. The summed E-state index contributed by atoms with van der Waals surface area (Å²) in [7, 11) is 0. The van der Waals surface area contributed by atoms with Crippen LogP contribution in [0.25, 0.3) is 10.4 Å².